The second-order valence-corrected chi connectivity index (χ2v) is 18.0. The van der Waals surface area contributed by atoms with E-state index in [4.69, 9.17) is 20.4 Å². The Hall–Kier alpha value is -5.93. The molecule has 0 amide bonds. The number of halogens is 1. The standard InChI is InChI=1S/C42H27BrN4O6S3/c1-21-6-15-29-33(18-21)54-42(46-29)23-9-16-30-34(19-23)55-41(45-30)22-7-10-24(11-8-22)47-56(51,52)35-17-13-25(12-14-28(35)43)53-32-20-31(48)36-37(38(32)44)40(50)27-5-3-2-4-26(27)39(36)49/h2-20,35,47-48H,44H2,1H3. The van der Waals surface area contributed by atoms with Crippen LogP contribution < -0.4 is 15.2 Å². The highest BCUT2D eigenvalue weighted by molar-refractivity contribution is 9.11. The maximum Gasteiger partial charge on any atom is 0.243 e. The number of phenolic OH excluding ortho intramolecular Hbond substituents is 1. The van der Waals surface area contributed by atoms with Crippen molar-refractivity contribution < 1.29 is 27.9 Å². The summed E-state index contributed by atoms with van der Waals surface area (Å²) in [6.07, 6.45) is 5.93. The number of rotatable bonds is 7. The molecule has 0 aliphatic heterocycles. The number of allylic oxidation sites excluding steroid dienone is 3. The maximum absolute atomic E-state index is 13.7. The first-order chi connectivity index (χ1) is 26.9. The number of thiazole rings is 2. The van der Waals surface area contributed by atoms with Crippen LogP contribution in [0.25, 0.3) is 41.6 Å². The number of aryl methyl sites for hydroxylation is 1. The highest BCUT2D eigenvalue weighted by atomic mass is 79.9. The summed E-state index contributed by atoms with van der Waals surface area (Å²) < 4.78 is 38.5. The van der Waals surface area contributed by atoms with Crippen LogP contribution in [0, 0.1) is 6.92 Å². The number of carbonyl (C=O) groups excluding carboxylic acids is 2. The van der Waals surface area contributed by atoms with Gasteiger partial charge in [0.1, 0.15) is 26.8 Å². The van der Waals surface area contributed by atoms with Crippen molar-refractivity contribution in [1.29, 1.82) is 0 Å². The van der Waals surface area contributed by atoms with Crippen LogP contribution in [0.1, 0.15) is 37.4 Å². The molecule has 276 valence electrons. The fourth-order valence-corrected chi connectivity index (χ4v) is 11.0. The van der Waals surface area contributed by atoms with Crippen LogP contribution in [0.4, 0.5) is 11.4 Å². The number of aromatic hydroxyl groups is 1. The third kappa shape index (κ3) is 6.30. The van der Waals surface area contributed by atoms with Crippen LogP contribution in [0.15, 0.2) is 126 Å². The van der Waals surface area contributed by atoms with Gasteiger partial charge in [-0.25, -0.2) is 18.4 Å². The van der Waals surface area contributed by atoms with Crippen LogP contribution in [0.5, 0.6) is 11.5 Å². The number of hydrogen-bond donors (Lipinski definition) is 3. The molecule has 56 heavy (non-hydrogen) atoms. The lowest BCUT2D eigenvalue weighted by molar-refractivity contribution is 0.0977. The maximum atomic E-state index is 13.7. The van der Waals surface area contributed by atoms with E-state index in [-0.39, 0.29) is 39.4 Å². The second kappa shape index (κ2) is 13.7. The van der Waals surface area contributed by atoms with Crippen molar-refractivity contribution in [2.45, 2.75) is 12.2 Å². The van der Waals surface area contributed by atoms with Crippen molar-refractivity contribution in [2.24, 2.45) is 0 Å². The predicted octanol–water partition coefficient (Wildman–Crippen LogP) is 9.53. The van der Waals surface area contributed by atoms with Gasteiger partial charge >= 0.3 is 0 Å². The van der Waals surface area contributed by atoms with Gasteiger partial charge in [-0.05, 0) is 85.3 Å². The third-order valence-electron chi connectivity index (χ3n) is 9.43. The monoisotopic (exact) mass is 858 g/mol. The number of nitrogens with one attached hydrogen (secondary N) is 1. The molecule has 0 saturated carbocycles. The van der Waals surface area contributed by atoms with Crippen LogP contribution in [-0.2, 0) is 10.0 Å². The Morgan fingerprint density at radius 3 is 2.14 bits per heavy atom. The predicted molar refractivity (Wildman–Crippen MR) is 225 cm³/mol. The third-order valence-corrected chi connectivity index (χ3v) is 14.2. The minimum atomic E-state index is -4.02. The lowest BCUT2D eigenvalue weighted by Crippen LogP contribution is -2.26. The Balaban J connectivity index is 0.907. The SMILES string of the molecule is Cc1ccc2nc(-c3ccc4nc(-c5ccc(NS(=O)(=O)C6C=CC(Oc7cc(O)c8c(c7N)C(=O)c7ccccc7C8=O)=CC=C6Br)cc5)sc4c3)sc2c1. The summed E-state index contributed by atoms with van der Waals surface area (Å²) in [5.41, 5.74) is 11.5. The second-order valence-electron chi connectivity index (χ2n) is 13.2. The van der Waals surface area contributed by atoms with Crippen molar-refractivity contribution in [2.75, 3.05) is 10.5 Å². The molecule has 0 spiro atoms. The lowest BCUT2D eigenvalue weighted by Gasteiger charge is -2.21. The molecule has 14 heteroatoms. The van der Waals surface area contributed by atoms with Gasteiger partial charge < -0.3 is 15.6 Å². The number of nitrogen functional groups attached to an aromatic ring is 1. The molecule has 0 fully saturated rings. The molecule has 1 atom stereocenters. The smallest absolute Gasteiger partial charge is 0.243 e. The number of aromatic nitrogens is 2. The fraction of sp³-hybridized carbons (Fsp3) is 0.0476. The van der Waals surface area contributed by atoms with Crippen molar-refractivity contribution in [3.8, 4) is 32.6 Å². The van der Waals surface area contributed by atoms with E-state index in [0.717, 1.165) is 41.6 Å². The average molecular weight is 860 g/mol. The van der Waals surface area contributed by atoms with Gasteiger partial charge in [0.25, 0.3) is 0 Å². The molecule has 2 aliphatic rings. The van der Waals surface area contributed by atoms with E-state index in [1.807, 2.05) is 30.3 Å². The molecule has 0 radical (unpaired) electrons. The molecule has 4 N–H and O–H groups in total. The highest BCUT2D eigenvalue weighted by Gasteiger charge is 2.35. The minimum absolute atomic E-state index is 0.0708. The summed E-state index contributed by atoms with van der Waals surface area (Å²) in [5.74, 6) is -1.40. The van der Waals surface area contributed by atoms with Gasteiger partial charge in [0.2, 0.25) is 10.0 Å². The Bertz CT molecular complexity index is 3040. The fourth-order valence-electron chi connectivity index (χ4n) is 6.64. The van der Waals surface area contributed by atoms with E-state index in [1.54, 1.807) is 46.9 Å². The lowest BCUT2D eigenvalue weighted by atomic mass is 9.82. The highest BCUT2D eigenvalue weighted by Crippen LogP contribution is 2.42. The van der Waals surface area contributed by atoms with Gasteiger partial charge in [-0.15, -0.1) is 22.7 Å². The Morgan fingerprint density at radius 1 is 0.804 bits per heavy atom. The molecule has 2 aromatic heterocycles. The molecule has 7 aromatic rings. The molecule has 0 bridgehead atoms. The molecule has 1 unspecified atom stereocenters. The number of nitrogens with two attached hydrogens (primary N) is 1. The van der Waals surface area contributed by atoms with Gasteiger partial charge in [-0.3, -0.25) is 14.3 Å². The quantitative estimate of drug-likeness (QED) is 0.105. The average Bonchev–Trinajstić information content (AvgIpc) is 3.76. The van der Waals surface area contributed by atoms with Gasteiger partial charge in [-0.1, -0.05) is 52.3 Å². The summed E-state index contributed by atoms with van der Waals surface area (Å²) in [4.78, 5) is 36.2. The van der Waals surface area contributed by atoms with E-state index < -0.39 is 32.6 Å². The Morgan fingerprint density at radius 2 is 1.43 bits per heavy atom. The first-order valence-corrected chi connectivity index (χ1v) is 21.1. The van der Waals surface area contributed by atoms with Gasteiger partial charge in [-0.2, -0.15) is 0 Å². The minimum Gasteiger partial charge on any atom is -0.507 e. The van der Waals surface area contributed by atoms with Crippen molar-refractivity contribution in [3.05, 3.63) is 153 Å². The molecular weight excluding hydrogens is 833 g/mol. The summed E-state index contributed by atoms with van der Waals surface area (Å²) in [5, 5.41) is 11.4. The van der Waals surface area contributed by atoms with E-state index in [9.17, 15) is 23.1 Å². The zero-order valence-corrected chi connectivity index (χ0v) is 33.1. The zero-order valence-electron chi connectivity index (χ0n) is 29.1. The number of sulfonamides is 1. The van der Waals surface area contributed by atoms with Crippen LogP contribution in [0.3, 0.4) is 0 Å². The van der Waals surface area contributed by atoms with E-state index in [0.29, 0.717) is 10.2 Å². The molecule has 0 saturated heterocycles. The Kier molecular flexibility index (Phi) is 8.73. The van der Waals surface area contributed by atoms with Crippen LogP contribution in [0.2, 0.25) is 0 Å². The molecule has 5 aromatic carbocycles. The normalized spacial score (nSPS) is 15.3. The molecule has 9 rings (SSSR count). The van der Waals surface area contributed by atoms with Crippen LogP contribution in [-0.4, -0.2) is 40.3 Å². The molecular formula is C42H27BrN4O6S3. The van der Waals surface area contributed by atoms with E-state index in [1.165, 1.54) is 48.1 Å². The topological polar surface area (TPSA) is 162 Å². The number of fused-ring (bicyclic) bond motifs is 4. The van der Waals surface area contributed by atoms with Crippen molar-refractivity contribution in [3.63, 3.8) is 0 Å². The van der Waals surface area contributed by atoms with E-state index >= 15 is 0 Å². The van der Waals surface area contributed by atoms with Gasteiger partial charge in [0, 0.05) is 38.5 Å². The number of nitrogens with zero attached hydrogens (tertiary/aromatic N) is 2. The zero-order chi connectivity index (χ0) is 38.9. The number of phenols is 1. The number of anilines is 2. The van der Waals surface area contributed by atoms with Crippen LogP contribution >= 0.6 is 38.6 Å². The first-order valence-electron chi connectivity index (χ1n) is 17.1. The largest absolute Gasteiger partial charge is 0.507 e. The first kappa shape index (κ1) is 35.8. The molecule has 2 aliphatic carbocycles. The number of carbonyl (C=O) groups is 2. The number of benzene rings is 5. The summed E-state index contributed by atoms with van der Waals surface area (Å²) in [6, 6.07) is 26.9. The van der Waals surface area contributed by atoms with E-state index in [2.05, 4.69) is 45.8 Å². The van der Waals surface area contributed by atoms with Crippen molar-refractivity contribution >= 4 is 92.0 Å². The number of ether oxygens (including phenoxy) is 1. The summed E-state index contributed by atoms with van der Waals surface area (Å²) in [7, 11) is -4.02. The summed E-state index contributed by atoms with van der Waals surface area (Å²) in [6.45, 7) is 2.07. The summed E-state index contributed by atoms with van der Waals surface area (Å²) >= 11 is 6.61. The van der Waals surface area contributed by atoms with Crippen molar-refractivity contribution in [1.82, 2.24) is 9.97 Å². The number of hydrogen-bond acceptors (Lipinski definition) is 11. The number of ketones is 2. The molecule has 2 heterocycles. The van der Waals surface area contributed by atoms with Gasteiger partial charge in [0.15, 0.2) is 17.3 Å². The Labute approximate surface area is 336 Å². The van der Waals surface area contributed by atoms with Gasteiger partial charge in [0.05, 0.1) is 37.2 Å². The molecule has 10 nitrogen and oxygen atoms in total.